The second kappa shape index (κ2) is 7.04. The Labute approximate surface area is 163 Å². The molecule has 6 nitrogen and oxygen atoms in total. The van der Waals surface area contributed by atoms with Crippen molar-refractivity contribution >= 4 is 16.8 Å². The number of hydrogen-bond acceptors (Lipinski definition) is 4. The van der Waals surface area contributed by atoms with Crippen molar-refractivity contribution in [2.75, 3.05) is 13.2 Å². The molecule has 2 aliphatic rings. The number of carbonyl (C=O) groups excluding carboxylic acids is 1. The van der Waals surface area contributed by atoms with Gasteiger partial charge in [0, 0.05) is 24.0 Å². The molecule has 144 valence electrons. The number of fused-ring (bicyclic) bond motifs is 3. The van der Waals surface area contributed by atoms with Gasteiger partial charge in [0.25, 0.3) is 5.91 Å². The summed E-state index contributed by atoms with van der Waals surface area (Å²) in [4.78, 5) is 14.5. The molecule has 28 heavy (non-hydrogen) atoms. The van der Waals surface area contributed by atoms with Crippen LogP contribution in [0, 0.1) is 0 Å². The van der Waals surface area contributed by atoms with Crippen LogP contribution >= 0.6 is 0 Å². The predicted octanol–water partition coefficient (Wildman–Crippen LogP) is 2.74. The number of amides is 1. The van der Waals surface area contributed by atoms with Gasteiger partial charge in [-0.25, -0.2) is 0 Å². The second-order valence-electron chi connectivity index (χ2n) is 7.80. The van der Waals surface area contributed by atoms with E-state index in [1.165, 1.54) is 5.56 Å². The average molecular weight is 376 g/mol. The second-order valence-corrected chi connectivity index (χ2v) is 7.80. The number of morpholine rings is 1. The van der Waals surface area contributed by atoms with Crippen molar-refractivity contribution in [1.82, 2.24) is 14.7 Å². The summed E-state index contributed by atoms with van der Waals surface area (Å²) in [7, 11) is 0. The molecule has 1 aromatic heterocycles. The van der Waals surface area contributed by atoms with Crippen LogP contribution in [0.2, 0.25) is 0 Å². The number of nitrogens with two attached hydrogens (primary N) is 1. The Kier molecular flexibility index (Phi) is 4.37. The summed E-state index contributed by atoms with van der Waals surface area (Å²) >= 11 is 0. The molecule has 3 heterocycles. The SMILES string of the molecule is NC(=O)c1nn(C2CC3COCC(C2)N3Cc2ccccc2)c2ccccc12. The molecule has 3 aromatic rings. The molecular formula is C22H24N4O2. The Bertz CT molecular complexity index is 986. The lowest BCUT2D eigenvalue weighted by Gasteiger charge is -2.48. The van der Waals surface area contributed by atoms with Gasteiger partial charge in [0.05, 0.1) is 24.8 Å². The van der Waals surface area contributed by atoms with Crippen LogP contribution in [0.25, 0.3) is 10.9 Å². The van der Waals surface area contributed by atoms with E-state index in [0.29, 0.717) is 17.8 Å². The van der Waals surface area contributed by atoms with E-state index >= 15 is 0 Å². The third-order valence-electron chi connectivity index (χ3n) is 6.05. The van der Waals surface area contributed by atoms with Crippen LogP contribution in [0.3, 0.4) is 0 Å². The number of benzene rings is 2. The molecule has 0 saturated carbocycles. The summed E-state index contributed by atoms with van der Waals surface area (Å²) in [6.45, 7) is 2.42. The van der Waals surface area contributed by atoms with Gasteiger partial charge in [-0.2, -0.15) is 5.10 Å². The van der Waals surface area contributed by atoms with E-state index < -0.39 is 5.91 Å². The maximum atomic E-state index is 11.9. The average Bonchev–Trinajstić information content (AvgIpc) is 3.09. The molecule has 2 atom stereocenters. The van der Waals surface area contributed by atoms with Gasteiger partial charge in [0.1, 0.15) is 0 Å². The van der Waals surface area contributed by atoms with Crippen molar-refractivity contribution in [3.63, 3.8) is 0 Å². The Hall–Kier alpha value is -2.70. The van der Waals surface area contributed by atoms with E-state index in [9.17, 15) is 4.79 Å². The van der Waals surface area contributed by atoms with Gasteiger partial charge in [0.15, 0.2) is 5.69 Å². The van der Waals surface area contributed by atoms with Gasteiger partial charge < -0.3 is 10.5 Å². The molecule has 0 radical (unpaired) electrons. The van der Waals surface area contributed by atoms with Crippen molar-refractivity contribution < 1.29 is 9.53 Å². The number of hydrogen-bond donors (Lipinski definition) is 1. The van der Waals surface area contributed by atoms with Crippen LogP contribution in [-0.2, 0) is 11.3 Å². The molecule has 2 aliphatic heterocycles. The maximum absolute atomic E-state index is 11.9. The van der Waals surface area contributed by atoms with E-state index in [1.807, 2.05) is 28.9 Å². The molecule has 0 spiro atoms. The smallest absolute Gasteiger partial charge is 0.269 e. The number of carbonyl (C=O) groups is 1. The highest BCUT2D eigenvalue weighted by Crippen LogP contribution is 2.37. The van der Waals surface area contributed by atoms with Gasteiger partial charge >= 0.3 is 0 Å². The van der Waals surface area contributed by atoms with Gasteiger partial charge in [-0.05, 0) is 24.5 Å². The van der Waals surface area contributed by atoms with Gasteiger partial charge in [-0.15, -0.1) is 0 Å². The number of para-hydroxylation sites is 1. The number of aromatic nitrogens is 2. The molecule has 2 bridgehead atoms. The normalized spacial score (nSPS) is 25.1. The minimum absolute atomic E-state index is 0.240. The van der Waals surface area contributed by atoms with Crippen LogP contribution in [0.1, 0.15) is 34.9 Å². The van der Waals surface area contributed by atoms with E-state index in [1.54, 1.807) is 0 Å². The summed E-state index contributed by atoms with van der Waals surface area (Å²) in [5, 5.41) is 5.47. The zero-order valence-electron chi connectivity index (χ0n) is 15.7. The zero-order chi connectivity index (χ0) is 19.1. The van der Waals surface area contributed by atoms with E-state index in [2.05, 4.69) is 40.3 Å². The Balaban J connectivity index is 1.45. The van der Waals surface area contributed by atoms with Crippen molar-refractivity contribution in [2.45, 2.75) is 37.5 Å². The highest BCUT2D eigenvalue weighted by molar-refractivity contribution is 6.04. The predicted molar refractivity (Wildman–Crippen MR) is 107 cm³/mol. The van der Waals surface area contributed by atoms with Crippen molar-refractivity contribution in [1.29, 1.82) is 0 Å². The molecule has 2 aromatic carbocycles. The van der Waals surface area contributed by atoms with E-state index in [4.69, 9.17) is 10.5 Å². The quantitative estimate of drug-likeness (QED) is 0.760. The molecule has 1 amide bonds. The highest BCUT2D eigenvalue weighted by atomic mass is 16.5. The van der Waals surface area contributed by atoms with E-state index in [-0.39, 0.29) is 6.04 Å². The summed E-state index contributed by atoms with van der Waals surface area (Å²) in [5.41, 5.74) is 8.26. The summed E-state index contributed by atoms with van der Waals surface area (Å²) < 4.78 is 7.90. The standard InChI is InChI=1S/C22H24N4O2/c23-22(27)21-19-8-4-5-9-20(19)26(24-21)16-10-17-13-28-14-18(11-16)25(17)12-15-6-2-1-3-7-15/h1-9,16-18H,10-14H2,(H2,23,27). The third kappa shape index (κ3) is 2.99. The van der Waals surface area contributed by atoms with Gasteiger partial charge in [-0.3, -0.25) is 14.4 Å². The number of nitrogens with zero attached hydrogens (tertiary/aromatic N) is 3. The lowest BCUT2D eigenvalue weighted by atomic mass is 9.89. The number of primary amides is 1. The monoisotopic (exact) mass is 376 g/mol. The lowest BCUT2D eigenvalue weighted by molar-refractivity contribution is -0.0902. The first kappa shape index (κ1) is 17.4. The summed E-state index contributed by atoms with van der Waals surface area (Å²) in [5.74, 6) is -0.472. The number of ether oxygens (including phenoxy) is 1. The first-order chi connectivity index (χ1) is 13.7. The fourth-order valence-electron chi connectivity index (χ4n) is 4.76. The van der Waals surface area contributed by atoms with Crippen molar-refractivity contribution in [3.8, 4) is 0 Å². The first-order valence-electron chi connectivity index (χ1n) is 9.85. The minimum Gasteiger partial charge on any atom is -0.378 e. The van der Waals surface area contributed by atoms with Crippen LogP contribution in [0.5, 0.6) is 0 Å². The van der Waals surface area contributed by atoms with Crippen molar-refractivity contribution in [2.24, 2.45) is 5.73 Å². The highest BCUT2D eigenvalue weighted by Gasteiger charge is 2.40. The van der Waals surface area contributed by atoms with Crippen LogP contribution in [0.4, 0.5) is 0 Å². The first-order valence-corrected chi connectivity index (χ1v) is 9.85. The van der Waals surface area contributed by atoms with Crippen LogP contribution < -0.4 is 5.73 Å². The summed E-state index contributed by atoms with van der Waals surface area (Å²) in [6.07, 6.45) is 1.90. The van der Waals surface area contributed by atoms with Crippen molar-refractivity contribution in [3.05, 3.63) is 65.9 Å². The van der Waals surface area contributed by atoms with Crippen LogP contribution in [0.15, 0.2) is 54.6 Å². The maximum Gasteiger partial charge on any atom is 0.269 e. The Morgan fingerprint density at radius 2 is 1.68 bits per heavy atom. The fraction of sp³-hybridized carbons (Fsp3) is 0.364. The Morgan fingerprint density at radius 1 is 1.00 bits per heavy atom. The molecule has 6 heteroatoms. The Morgan fingerprint density at radius 3 is 2.39 bits per heavy atom. The zero-order valence-corrected chi connectivity index (χ0v) is 15.7. The molecule has 2 N–H and O–H groups in total. The lowest BCUT2D eigenvalue weighted by Crippen LogP contribution is -2.56. The molecular weight excluding hydrogens is 352 g/mol. The minimum atomic E-state index is -0.472. The molecule has 0 aliphatic carbocycles. The molecule has 2 unspecified atom stereocenters. The van der Waals surface area contributed by atoms with Gasteiger partial charge in [0.2, 0.25) is 0 Å². The third-order valence-corrected chi connectivity index (χ3v) is 6.05. The van der Waals surface area contributed by atoms with Gasteiger partial charge in [-0.1, -0.05) is 48.5 Å². The summed E-state index contributed by atoms with van der Waals surface area (Å²) in [6, 6.07) is 19.4. The molecule has 5 rings (SSSR count). The molecule has 2 saturated heterocycles. The number of piperidine rings is 1. The van der Waals surface area contributed by atoms with E-state index in [0.717, 1.165) is 43.5 Å². The van der Waals surface area contributed by atoms with Crippen LogP contribution in [-0.4, -0.2) is 45.9 Å². The topological polar surface area (TPSA) is 73.4 Å². The number of rotatable bonds is 4. The largest absolute Gasteiger partial charge is 0.378 e. The molecule has 2 fully saturated rings. The fourth-order valence-corrected chi connectivity index (χ4v) is 4.76.